The summed E-state index contributed by atoms with van der Waals surface area (Å²) in [5.41, 5.74) is 4.37. The number of hydrogen-bond acceptors (Lipinski definition) is 9. The number of amides is 1. The molecule has 1 saturated heterocycles. The van der Waals surface area contributed by atoms with E-state index in [0.29, 0.717) is 12.0 Å². The Labute approximate surface area is 209 Å². The third kappa shape index (κ3) is 3.34. The van der Waals surface area contributed by atoms with Crippen molar-refractivity contribution in [1.29, 1.82) is 0 Å². The molecular formula is C26H33N3O7. The van der Waals surface area contributed by atoms with Crippen LogP contribution in [-0.2, 0) is 20.8 Å². The lowest BCUT2D eigenvalue weighted by Gasteiger charge is -2.55. The van der Waals surface area contributed by atoms with Gasteiger partial charge in [-0.2, -0.15) is 0 Å². The molecule has 10 nitrogen and oxygen atoms in total. The first-order valence-electron chi connectivity index (χ1n) is 12.6. The van der Waals surface area contributed by atoms with Gasteiger partial charge in [0, 0.05) is 30.7 Å². The molecule has 1 aromatic carbocycles. The van der Waals surface area contributed by atoms with E-state index in [9.17, 15) is 34.5 Å². The van der Waals surface area contributed by atoms with Crippen LogP contribution < -0.4 is 10.6 Å². The molecule has 2 saturated carbocycles. The summed E-state index contributed by atoms with van der Waals surface area (Å²) in [6, 6.07) is 2.36. The Morgan fingerprint density at radius 3 is 2.39 bits per heavy atom. The highest BCUT2D eigenvalue weighted by molar-refractivity contribution is 6.25. The lowest BCUT2D eigenvalue weighted by Crippen LogP contribution is -2.75. The fourth-order valence-corrected chi connectivity index (χ4v) is 7.24. The maximum atomic E-state index is 13.9. The van der Waals surface area contributed by atoms with Crippen LogP contribution in [0.5, 0.6) is 5.75 Å². The smallest absolute Gasteiger partial charge is 0.230 e. The van der Waals surface area contributed by atoms with E-state index in [0.717, 1.165) is 38.0 Å². The Balaban J connectivity index is 1.61. The quantitative estimate of drug-likeness (QED) is 0.407. The number of hydrogen-bond donors (Lipinski definition) is 4. The molecule has 4 aliphatic rings. The van der Waals surface area contributed by atoms with Crippen molar-refractivity contribution in [3.05, 3.63) is 23.3 Å². The molecule has 5 N–H and O–H groups in total. The maximum Gasteiger partial charge on any atom is 0.230 e. The van der Waals surface area contributed by atoms with E-state index < -0.39 is 64.7 Å². The number of aliphatic hydroxyl groups excluding tert-OH is 1. The van der Waals surface area contributed by atoms with Gasteiger partial charge in [0.15, 0.2) is 23.0 Å². The number of likely N-dealkylation sites (N-methyl/N-ethyl adjacent to an activating group) is 1. The first kappa shape index (κ1) is 24.9. The van der Waals surface area contributed by atoms with Crippen molar-refractivity contribution >= 4 is 28.9 Å². The molecule has 194 valence electrons. The van der Waals surface area contributed by atoms with Crippen molar-refractivity contribution in [2.75, 3.05) is 32.1 Å². The lowest BCUT2D eigenvalue weighted by atomic mass is 9.52. The van der Waals surface area contributed by atoms with E-state index >= 15 is 0 Å². The summed E-state index contributed by atoms with van der Waals surface area (Å²) in [4.78, 5) is 56.9. The first-order valence-corrected chi connectivity index (χ1v) is 12.6. The number of rotatable bonds is 3. The fourth-order valence-electron chi connectivity index (χ4n) is 7.24. The largest absolute Gasteiger partial charge is 0.507 e. The normalized spacial score (nSPS) is 36.4. The summed E-state index contributed by atoms with van der Waals surface area (Å²) in [7, 11) is 3.26. The number of ketones is 3. The number of nitrogens with two attached hydrogens (primary N) is 1. The summed E-state index contributed by atoms with van der Waals surface area (Å²) in [5.74, 6) is -8.78. The van der Waals surface area contributed by atoms with Gasteiger partial charge >= 0.3 is 0 Å². The number of anilines is 1. The molecule has 0 aromatic heterocycles. The van der Waals surface area contributed by atoms with Gasteiger partial charge in [0.05, 0.1) is 17.6 Å². The first-order chi connectivity index (χ1) is 17.0. The van der Waals surface area contributed by atoms with E-state index in [1.165, 1.54) is 6.07 Å². The number of carbonyl (C=O) groups is 4. The second-order valence-electron chi connectivity index (χ2n) is 11.0. The van der Waals surface area contributed by atoms with Crippen molar-refractivity contribution in [2.45, 2.75) is 49.9 Å². The molecule has 4 unspecified atom stereocenters. The lowest BCUT2D eigenvalue weighted by molar-refractivity contribution is -0.190. The molecule has 3 fully saturated rings. The van der Waals surface area contributed by atoms with Gasteiger partial charge in [-0.15, -0.1) is 0 Å². The zero-order valence-corrected chi connectivity index (χ0v) is 20.5. The van der Waals surface area contributed by atoms with E-state index in [2.05, 4.69) is 4.90 Å². The SMILES string of the molecule is CN(C)C1C(O)C(C(N)=O)C(=O)[C@]2(O)C(=O)C3C(=O)c4c(O)ccc(N5CCCCC5)c4C[C@@H]3C[C@H]12. The molecule has 0 spiro atoms. The van der Waals surface area contributed by atoms with Gasteiger partial charge in [-0.05, 0) is 69.8 Å². The van der Waals surface area contributed by atoms with Crippen LogP contribution >= 0.6 is 0 Å². The molecule has 10 heteroatoms. The third-order valence-electron chi connectivity index (χ3n) is 8.85. The Kier molecular flexibility index (Phi) is 5.96. The Bertz CT molecular complexity index is 1140. The van der Waals surface area contributed by atoms with Gasteiger partial charge in [-0.1, -0.05) is 0 Å². The van der Waals surface area contributed by atoms with Crippen molar-refractivity contribution in [3.63, 3.8) is 0 Å². The number of phenolic OH excluding ortho intramolecular Hbond substituents is 1. The third-order valence-corrected chi connectivity index (χ3v) is 8.85. The highest BCUT2D eigenvalue weighted by atomic mass is 16.3. The highest BCUT2D eigenvalue weighted by Gasteiger charge is 2.69. The molecule has 5 rings (SSSR count). The Morgan fingerprint density at radius 2 is 1.78 bits per heavy atom. The summed E-state index contributed by atoms with van der Waals surface area (Å²) in [6.07, 6.45) is 2.10. The second-order valence-corrected chi connectivity index (χ2v) is 11.0. The number of primary amides is 1. The van der Waals surface area contributed by atoms with Crippen LogP contribution in [0.25, 0.3) is 0 Å². The average Bonchev–Trinajstić information content (AvgIpc) is 2.81. The van der Waals surface area contributed by atoms with E-state index in [1.807, 2.05) is 6.07 Å². The molecule has 36 heavy (non-hydrogen) atoms. The van der Waals surface area contributed by atoms with Crippen LogP contribution in [0.4, 0.5) is 5.69 Å². The molecule has 7 atom stereocenters. The standard InChI is InChI=1S/C26H33N3O7/c1-28(2)20-14-11-12-10-13-15(29-8-4-3-5-9-29)6-7-16(30)18(13)21(31)17(12)23(33)26(14,36)24(34)19(22(20)32)25(27)35/h6-7,12,14,17,19-20,22,30,32,36H,3-5,8-11H2,1-2H3,(H2,27,35)/t12-,14-,17?,19?,20?,22?,26-/m1/s1. The number of carbonyl (C=O) groups excluding carboxylic acids is 4. The van der Waals surface area contributed by atoms with Crippen LogP contribution in [0.1, 0.15) is 41.6 Å². The summed E-state index contributed by atoms with van der Waals surface area (Å²) in [5, 5.41) is 33.3. The molecule has 1 aliphatic heterocycles. The van der Waals surface area contributed by atoms with Crippen molar-refractivity contribution in [3.8, 4) is 5.75 Å². The molecule has 0 radical (unpaired) electrons. The molecule has 3 aliphatic carbocycles. The van der Waals surface area contributed by atoms with Gasteiger partial charge in [0.25, 0.3) is 0 Å². The summed E-state index contributed by atoms with van der Waals surface area (Å²) in [6.45, 7) is 1.66. The number of aromatic hydroxyl groups is 1. The Hall–Kier alpha value is -2.82. The number of benzene rings is 1. The number of Topliss-reactive ketones (excluding diaryl/α,β-unsaturated/α-hetero) is 3. The summed E-state index contributed by atoms with van der Waals surface area (Å²) < 4.78 is 0. The second kappa shape index (κ2) is 8.64. The van der Waals surface area contributed by atoms with Gasteiger partial charge in [0.2, 0.25) is 5.91 Å². The van der Waals surface area contributed by atoms with Crippen molar-refractivity contribution < 1.29 is 34.5 Å². The van der Waals surface area contributed by atoms with E-state index in [1.54, 1.807) is 19.0 Å². The van der Waals surface area contributed by atoms with Crippen LogP contribution in [0.15, 0.2) is 12.1 Å². The molecule has 1 amide bonds. The molecule has 1 aromatic rings. The van der Waals surface area contributed by atoms with Crippen molar-refractivity contribution in [2.24, 2.45) is 29.4 Å². The van der Waals surface area contributed by atoms with Crippen LogP contribution in [0, 0.1) is 23.7 Å². The van der Waals surface area contributed by atoms with Gasteiger partial charge in [-0.25, -0.2) is 0 Å². The highest BCUT2D eigenvalue weighted by Crippen LogP contribution is 2.52. The number of aliphatic hydroxyl groups is 2. The fraction of sp³-hybridized carbons (Fsp3) is 0.615. The number of fused-ring (bicyclic) bond motifs is 3. The summed E-state index contributed by atoms with van der Waals surface area (Å²) >= 11 is 0. The van der Waals surface area contributed by atoms with Crippen LogP contribution in [-0.4, -0.2) is 88.4 Å². The predicted molar refractivity (Wildman–Crippen MR) is 128 cm³/mol. The molecule has 0 bridgehead atoms. The minimum absolute atomic E-state index is 0.0635. The zero-order chi connectivity index (χ0) is 26.1. The minimum atomic E-state index is -2.64. The van der Waals surface area contributed by atoms with Gasteiger partial charge in [-0.3, -0.25) is 19.2 Å². The molecule has 1 heterocycles. The van der Waals surface area contributed by atoms with E-state index in [-0.39, 0.29) is 17.7 Å². The van der Waals surface area contributed by atoms with Crippen LogP contribution in [0.3, 0.4) is 0 Å². The van der Waals surface area contributed by atoms with Crippen LogP contribution in [0.2, 0.25) is 0 Å². The van der Waals surface area contributed by atoms with Gasteiger partial charge < -0.3 is 30.9 Å². The monoisotopic (exact) mass is 499 g/mol. The average molecular weight is 500 g/mol. The molecular weight excluding hydrogens is 466 g/mol. The number of nitrogens with zero attached hydrogens (tertiary/aromatic N) is 2. The minimum Gasteiger partial charge on any atom is -0.507 e. The Morgan fingerprint density at radius 1 is 1.11 bits per heavy atom. The zero-order valence-electron chi connectivity index (χ0n) is 20.5. The van der Waals surface area contributed by atoms with Gasteiger partial charge in [0.1, 0.15) is 11.7 Å². The van der Waals surface area contributed by atoms with E-state index in [4.69, 9.17) is 5.73 Å². The topological polar surface area (TPSA) is 161 Å². The van der Waals surface area contributed by atoms with Crippen molar-refractivity contribution in [1.82, 2.24) is 4.90 Å². The predicted octanol–water partition coefficient (Wildman–Crippen LogP) is -0.351. The maximum absolute atomic E-state index is 13.9. The number of piperidine rings is 1. The number of phenols is 1.